The van der Waals surface area contributed by atoms with Gasteiger partial charge >= 0.3 is 0 Å². The molecule has 51 valence electrons. The zero-order valence-corrected chi connectivity index (χ0v) is 6.39. The van der Waals surface area contributed by atoms with Crippen molar-refractivity contribution >= 4 is 23.5 Å². The third kappa shape index (κ3) is 1.85. The Bertz CT molecular complexity index is 226. The second-order valence-corrected chi connectivity index (χ2v) is 2.25. The van der Waals surface area contributed by atoms with E-state index in [1.165, 1.54) is 0 Å². The number of benzene rings is 1. The highest BCUT2D eigenvalue weighted by Crippen LogP contribution is 2.15. The minimum atomic E-state index is 0.732. The van der Waals surface area contributed by atoms with Crippen LogP contribution in [0.4, 0.5) is 5.69 Å². The lowest BCUT2D eigenvalue weighted by molar-refractivity contribution is 1.53. The molecule has 0 N–H and O–H groups in total. The predicted octanol–water partition coefficient (Wildman–Crippen LogP) is 2.94. The normalized spacial score (nSPS) is 10.6. The average Bonchev–Trinajstić information content (AvgIpc) is 1.95. The van der Waals surface area contributed by atoms with Gasteiger partial charge in [0, 0.05) is 5.02 Å². The van der Waals surface area contributed by atoms with Crippen LogP contribution >= 0.6 is 11.6 Å². The molecule has 0 fully saturated rings. The molecular formula is C8H7ClN. The summed E-state index contributed by atoms with van der Waals surface area (Å²) < 4.78 is 0. The lowest BCUT2D eigenvalue weighted by Gasteiger charge is -1.90. The second-order valence-electron chi connectivity index (χ2n) is 1.81. The van der Waals surface area contributed by atoms with Crippen molar-refractivity contribution in [3.05, 3.63) is 29.3 Å². The number of hydrogen-bond acceptors (Lipinski definition) is 1. The van der Waals surface area contributed by atoms with Gasteiger partial charge in [0.25, 0.3) is 0 Å². The molecule has 0 amide bonds. The minimum Gasteiger partial charge on any atom is -0.252 e. The topological polar surface area (TPSA) is 12.4 Å². The molecule has 0 atom stereocenters. The van der Waals surface area contributed by atoms with Crippen LogP contribution in [-0.2, 0) is 0 Å². The van der Waals surface area contributed by atoms with Gasteiger partial charge in [-0.25, -0.2) is 0 Å². The van der Waals surface area contributed by atoms with Crippen molar-refractivity contribution in [2.24, 2.45) is 4.99 Å². The third-order valence-corrected chi connectivity index (χ3v) is 1.32. The van der Waals surface area contributed by atoms with Crippen molar-refractivity contribution in [1.82, 2.24) is 0 Å². The molecule has 0 aromatic heterocycles. The van der Waals surface area contributed by atoms with Gasteiger partial charge < -0.3 is 0 Å². The van der Waals surface area contributed by atoms with Gasteiger partial charge in [-0.3, -0.25) is 4.99 Å². The number of rotatable bonds is 1. The van der Waals surface area contributed by atoms with Gasteiger partial charge in [0.15, 0.2) is 0 Å². The van der Waals surface area contributed by atoms with Crippen molar-refractivity contribution in [1.29, 1.82) is 0 Å². The molecule has 0 unspecified atom stereocenters. The standard InChI is InChI=1S/C8H7ClN/c1-2-10-8-5-3-7(9)4-6-8/h3-6H,1H3. The van der Waals surface area contributed by atoms with Crippen LogP contribution in [0.15, 0.2) is 29.3 Å². The summed E-state index contributed by atoms with van der Waals surface area (Å²) in [6.07, 6.45) is 2.69. The first-order chi connectivity index (χ1) is 4.83. The lowest BCUT2D eigenvalue weighted by atomic mass is 10.3. The van der Waals surface area contributed by atoms with Crippen LogP contribution in [0.2, 0.25) is 5.02 Å². The zero-order valence-electron chi connectivity index (χ0n) is 5.63. The second kappa shape index (κ2) is 3.37. The highest BCUT2D eigenvalue weighted by Gasteiger charge is 1.86. The maximum Gasteiger partial charge on any atom is 0.0634 e. The quantitative estimate of drug-likeness (QED) is 0.549. The van der Waals surface area contributed by atoms with Gasteiger partial charge in [0.1, 0.15) is 0 Å². The molecule has 1 nitrogen and oxygen atoms in total. The van der Waals surface area contributed by atoms with Crippen LogP contribution in [0.5, 0.6) is 0 Å². The van der Waals surface area contributed by atoms with E-state index in [4.69, 9.17) is 11.6 Å². The number of halogens is 1. The monoisotopic (exact) mass is 152 g/mol. The highest BCUT2D eigenvalue weighted by molar-refractivity contribution is 6.30. The van der Waals surface area contributed by atoms with E-state index < -0.39 is 0 Å². The van der Waals surface area contributed by atoms with Gasteiger partial charge in [0.2, 0.25) is 0 Å². The number of hydrogen-bond donors (Lipinski definition) is 0. The molecule has 10 heavy (non-hydrogen) atoms. The first kappa shape index (κ1) is 7.29. The van der Waals surface area contributed by atoms with E-state index in [2.05, 4.69) is 11.2 Å². The lowest BCUT2D eigenvalue weighted by Crippen LogP contribution is -1.64. The molecule has 1 radical (unpaired) electrons. The van der Waals surface area contributed by atoms with Gasteiger partial charge in [-0.15, -0.1) is 0 Å². The smallest absolute Gasteiger partial charge is 0.0634 e. The van der Waals surface area contributed by atoms with Crippen molar-refractivity contribution in [3.63, 3.8) is 0 Å². The van der Waals surface area contributed by atoms with E-state index in [0.29, 0.717) is 0 Å². The Kier molecular flexibility index (Phi) is 2.46. The van der Waals surface area contributed by atoms with Crippen LogP contribution in [-0.4, -0.2) is 6.21 Å². The molecule has 1 rings (SSSR count). The summed E-state index contributed by atoms with van der Waals surface area (Å²) in [4.78, 5) is 3.94. The summed E-state index contributed by atoms with van der Waals surface area (Å²) in [5.41, 5.74) is 0.881. The van der Waals surface area contributed by atoms with Gasteiger partial charge in [-0.1, -0.05) is 11.6 Å². The SMILES string of the molecule is C[C]=Nc1ccc(Cl)cc1. The fourth-order valence-corrected chi connectivity index (χ4v) is 0.771. The molecule has 0 saturated carbocycles. The molecule has 1 aromatic rings. The van der Waals surface area contributed by atoms with Crippen LogP contribution in [0.1, 0.15) is 6.92 Å². The number of nitrogens with zero attached hydrogens (tertiary/aromatic N) is 1. The molecule has 2 heteroatoms. The van der Waals surface area contributed by atoms with E-state index in [1.54, 1.807) is 19.1 Å². The van der Waals surface area contributed by atoms with E-state index in [0.717, 1.165) is 10.7 Å². The summed E-state index contributed by atoms with van der Waals surface area (Å²) in [5.74, 6) is 0. The molecule has 0 aliphatic carbocycles. The van der Waals surface area contributed by atoms with Crippen molar-refractivity contribution < 1.29 is 0 Å². The summed E-state index contributed by atoms with van der Waals surface area (Å²) in [6.45, 7) is 1.76. The van der Waals surface area contributed by atoms with E-state index in [1.807, 2.05) is 12.1 Å². The van der Waals surface area contributed by atoms with E-state index in [-0.39, 0.29) is 0 Å². The van der Waals surface area contributed by atoms with Crippen molar-refractivity contribution in [2.45, 2.75) is 6.92 Å². The Morgan fingerprint density at radius 2 is 1.90 bits per heavy atom. The van der Waals surface area contributed by atoms with Gasteiger partial charge in [0.05, 0.1) is 11.9 Å². The summed E-state index contributed by atoms with van der Waals surface area (Å²) >= 11 is 5.65. The maximum absolute atomic E-state index is 5.65. The molecule has 0 heterocycles. The fraction of sp³-hybridized carbons (Fsp3) is 0.125. The molecule has 0 aliphatic heterocycles. The molecular weight excluding hydrogens is 146 g/mol. The molecule has 0 bridgehead atoms. The highest BCUT2D eigenvalue weighted by atomic mass is 35.5. The molecule has 0 spiro atoms. The van der Waals surface area contributed by atoms with Crippen molar-refractivity contribution in [3.8, 4) is 0 Å². The van der Waals surface area contributed by atoms with E-state index >= 15 is 0 Å². The van der Waals surface area contributed by atoms with Crippen LogP contribution in [0.25, 0.3) is 0 Å². The van der Waals surface area contributed by atoms with Gasteiger partial charge in [-0.05, 0) is 31.2 Å². The number of aliphatic imine (C=N–C) groups is 1. The summed E-state index contributed by atoms with van der Waals surface area (Å²) in [7, 11) is 0. The van der Waals surface area contributed by atoms with Crippen LogP contribution < -0.4 is 0 Å². The Hall–Kier alpha value is -0.820. The average molecular weight is 153 g/mol. The Morgan fingerprint density at radius 1 is 1.30 bits per heavy atom. The molecule has 0 aliphatic rings. The Labute approximate surface area is 65.4 Å². The third-order valence-electron chi connectivity index (χ3n) is 1.07. The van der Waals surface area contributed by atoms with E-state index in [9.17, 15) is 0 Å². The minimum absolute atomic E-state index is 0.732. The first-order valence-electron chi connectivity index (χ1n) is 2.96. The molecule has 1 aromatic carbocycles. The Morgan fingerprint density at radius 3 is 2.40 bits per heavy atom. The summed E-state index contributed by atoms with van der Waals surface area (Å²) in [6, 6.07) is 7.30. The van der Waals surface area contributed by atoms with Gasteiger partial charge in [-0.2, -0.15) is 0 Å². The Balaban J connectivity index is 2.89. The fourth-order valence-electron chi connectivity index (χ4n) is 0.645. The largest absolute Gasteiger partial charge is 0.252 e. The first-order valence-corrected chi connectivity index (χ1v) is 3.34. The zero-order chi connectivity index (χ0) is 7.40. The maximum atomic E-state index is 5.65. The predicted molar refractivity (Wildman–Crippen MR) is 44.2 cm³/mol. The van der Waals surface area contributed by atoms with Crippen LogP contribution in [0, 0.1) is 0 Å². The van der Waals surface area contributed by atoms with Crippen molar-refractivity contribution in [2.75, 3.05) is 0 Å². The van der Waals surface area contributed by atoms with Crippen LogP contribution in [0.3, 0.4) is 0 Å². The summed E-state index contributed by atoms with van der Waals surface area (Å²) in [5, 5.41) is 0.732. The molecule has 0 saturated heterocycles.